The van der Waals surface area contributed by atoms with Crippen molar-refractivity contribution in [2.45, 2.75) is 89.9 Å². The zero-order valence-electron chi connectivity index (χ0n) is 25.6. The molecular formula is C32H46N2O9. The number of esters is 2. The number of fused-ring (bicyclic) bond motifs is 5. The first-order chi connectivity index (χ1) is 20.4. The van der Waals surface area contributed by atoms with Crippen LogP contribution in [0.25, 0.3) is 0 Å². The van der Waals surface area contributed by atoms with E-state index in [2.05, 4.69) is 19.2 Å². The number of hydrogen-bond donors (Lipinski definition) is 2. The van der Waals surface area contributed by atoms with Gasteiger partial charge in [-0.15, -0.1) is 0 Å². The van der Waals surface area contributed by atoms with Crippen LogP contribution in [0, 0.1) is 34.5 Å². The lowest BCUT2D eigenvalue weighted by Gasteiger charge is -2.63. The van der Waals surface area contributed by atoms with Gasteiger partial charge < -0.3 is 29.4 Å². The molecule has 4 saturated carbocycles. The summed E-state index contributed by atoms with van der Waals surface area (Å²) in [4.78, 5) is 50.2. The average Bonchev–Trinajstić information content (AvgIpc) is 3.45. The second-order valence-electron chi connectivity index (χ2n) is 14.3. The minimum Gasteiger partial charge on any atom is -0.462 e. The second kappa shape index (κ2) is 11.4. The molecule has 1 saturated heterocycles. The van der Waals surface area contributed by atoms with E-state index in [9.17, 15) is 24.3 Å². The number of aliphatic hydroxyl groups is 1. The molecule has 0 spiro atoms. The minimum atomic E-state index is -1.03. The number of piperazine rings is 1. The Balaban J connectivity index is 1.10. The van der Waals surface area contributed by atoms with Gasteiger partial charge in [0.1, 0.15) is 25.4 Å². The van der Waals surface area contributed by atoms with E-state index >= 15 is 0 Å². The summed E-state index contributed by atoms with van der Waals surface area (Å²) in [6.45, 7) is 8.39. The number of hydrogen-bond acceptors (Lipinski definition) is 10. The van der Waals surface area contributed by atoms with Crippen molar-refractivity contribution in [3.63, 3.8) is 0 Å². The number of carbonyl (C=O) groups is 4. The zero-order chi connectivity index (χ0) is 30.6. The van der Waals surface area contributed by atoms with Gasteiger partial charge in [-0.25, -0.2) is 9.59 Å². The Labute approximate surface area is 253 Å². The van der Waals surface area contributed by atoms with Crippen LogP contribution in [-0.2, 0) is 33.3 Å². The molecule has 11 nitrogen and oxygen atoms in total. The van der Waals surface area contributed by atoms with E-state index in [1.54, 1.807) is 0 Å². The summed E-state index contributed by atoms with van der Waals surface area (Å²) in [5, 5.41) is 15.4. The van der Waals surface area contributed by atoms with Crippen LogP contribution in [-0.4, -0.2) is 91.2 Å². The van der Waals surface area contributed by atoms with Crippen molar-refractivity contribution < 1.29 is 43.2 Å². The van der Waals surface area contributed by atoms with Crippen LogP contribution >= 0.6 is 0 Å². The van der Waals surface area contributed by atoms with Gasteiger partial charge in [-0.2, -0.15) is 0 Å². The SMILES string of the molecule is CC(=O)O[C@H]1C[C@]2(O)[C@@H]3CC[C@@H]4C[C@@H](OC(=O)OCCN5CCNC(=O)C5)CC[C@]4(C)[C@H]3CC[C@]2(C)[C@H]1C1=CC(=O)OC1. The molecule has 0 unspecified atom stereocenters. The number of nitrogens with one attached hydrogen (secondary N) is 1. The third-order valence-electron chi connectivity index (χ3n) is 12.2. The first kappa shape index (κ1) is 30.4. The van der Waals surface area contributed by atoms with Crippen molar-refractivity contribution in [1.29, 1.82) is 0 Å². The highest BCUT2D eigenvalue weighted by molar-refractivity contribution is 5.85. The molecule has 0 aromatic heterocycles. The fourth-order valence-corrected chi connectivity index (χ4v) is 10.2. The molecule has 43 heavy (non-hydrogen) atoms. The highest BCUT2D eigenvalue weighted by Crippen LogP contribution is 2.70. The predicted octanol–water partition coefficient (Wildman–Crippen LogP) is 2.74. The summed E-state index contributed by atoms with van der Waals surface area (Å²) < 4.78 is 22.2. The average molecular weight is 603 g/mol. The molecular weight excluding hydrogens is 556 g/mol. The molecule has 0 aromatic carbocycles. The molecule has 6 rings (SSSR count). The molecule has 238 valence electrons. The van der Waals surface area contributed by atoms with Crippen LogP contribution in [0.1, 0.15) is 72.1 Å². The Morgan fingerprint density at radius 3 is 2.65 bits per heavy atom. The Morgan fingerprint density at radius 1 is 1.12 bits per heavy atom. The summed E-state index contributed by atoms with van der Waals surface area (Å²) in [5.41, 5.74) is -0.759. The number of nitrogens with zero attached hydrogens (tertiary/aromatic N) is 1. The van der Waals surface area contributed by atoms with E-state index in [1.807, 2.05) is 4.90 Å². The number of cyclic esters (lactones) is 1. The Bertz CT molecular complexity index is 1190. The first-order valence-corrected chi connectivity index (χ1v) is 16.0. The molecule has 0 radical (unpaired) electrons. The summed E-state index contributed by atoms with van der Waals surface area (Å²) in [5.74, 6) is -0.324. The molecule has 1 amide bonds. The van der Waals surface area contributed by atoms with Gasteiger partial charge in [0.15, 0.2) is 0 Å². The van der Waals surface area contributed by atoms with Crippen LogP contribution in [0.2, 0.25) is 0 Å². The zero-order valence-corrected chi connectivity index (χ0v) is 25.6. The topological polar surface area (TPSA) is 141 Å². The van der Waals surface area contributed by atoms with Gasteiger partial charge in [0.2, 0.25) is 5.91 Å². The molecule has 2 aliphatic heterocycles. The van der Waals surface area contributed by atoms with E-state index in [0.717, 1.165) is 57.1 Å². The van der Waals surface area contributed by atoms with E-state index < -0.39 is 23.3 Å². The van der Waals surface area contributed by atoms with E-state index in [0.29, 0.717) is 37.9 Å². The summed E-state index contributed by atoms with van der Waals surface area (Å²) >= 11 is 0. The Kier molecular flexibility index (Phi) is 8.03. The lowest BCUT2D eigenvalue weighted by atomic mass is 9.43. The number of carbonyl (C=O) groups excluding carboxylic acids is 4. The van der Waals surface area contributed by atoms with Gasteiger partial charge in [0.25, 0.3) is 0 Å². The smallest absolute Gasteiger partial charge is 0.462 e. The van der Waals surface area contributed by atoms with Crippen molar-refractivity contribution in [2.75, 3.05) is 39.4 Å². The Morgan fingerprint density at radius 2 is 1.93 bits per heavy atom. The molecule has 6 aliphatic rings. The van der Waals surface area contributed by atoms with E-state index in [-0.39, 0.29) is 54.4 Å². The molecule has 2 heterocycles. The number of amides is 1. The van der Waals surface area contributed by atoms with Crippen molar-refractivity contribution in [3.8, 4) is 0 Å². The van der Waals surface area contributed by atoms with Crippen molar-refractivity contribution in [3.05, 3.63) is 11.6 Å². The van der Waals surface area contributed by atoms with Crippen molar-refractivity contribution >= 4 is 24.0 Å². The van der Waals surface area contributed by atoms with Crippen LogP contribution in [0.4, 0.5) is 4.79 Å². The standard InChI is InChI=1S/C32H46N2O9/c1-19(35)42-25-16-32(39)24-5-4-21-15-22(43-29(38)40-13-12-34-11-10-33-26(36)17-34)6-8-30(21,2)23(24)7-9-31(32,3)28(25)20-14-27(37)41-18-20/h14,21-25,28,39H,4-13,15-18H2,1-3H3,(H,33,36)/t21-,22+,23+,24-,25+,28+,30+,31-,32+/m1/s1. The van der Waals surface area contributed by atoms with E-state index in [1.165, 1.54) is 13.0 Å². The van der Waals surface area contributed by atoms with Gasteiger partial charge >= 0.3 is 18.1 Å². The van der Waals surface area contributed by atoms with Crippen LogP contribution < -0.4 is 5.32 Å². The molecule has 4 aliphatic carbocycles. The summed E-state index contributed by atoms with van der Waals surface area (Å²) in [7, 11) is 0. The minimum absolute atomic E-state index is 0.000698. The largest absolute Gasteiger partial charge is 0.508 e. The van der Waals surface area contributed by atoms with Crippen LogP contribution in [0.15, 0.2) is 11.6 Å². The molecule has 11 heteroatoms. The fourth-order valence-electron chi connectivity index (χ4n) is 10.2. The molecule has 0 bridgehead atoms. The quantitative estimate of drug-likeness (QED) is 0.344. The molecule has 0 aromatic rings. The lowest BCUT2D eigenvalue weighted by Crippen LogP contribution is -2.62. The van der Waals surface area contributed by atoms with Crippen LogP contribution in [0.5, 0.6) is 0 Å². The monoisotopic (exact) mass is 602 g/mol. The number of ether oxygens (including phenoxy) is 4. The highest BCUT2D eigenvalue weighted by Gasteiger charge is 2.71. The normalized spacial score (nSPS) is 42.5. The Hall–Kier alpha value is -2.66. The molecule has 5 fully saturated rings. The third kappa shape index (κ3) is 5.34. The van der Waals surface area contributed by atoms with Crippen molar-refractivity contribution in [1.82, 2.24) is 10.2 Å². The predicted molar refractivity (Wildman–Crippen MR) is 152 cm³/mol. The second-order valence-corrected chi connectivity index (χ2v) is 14.3. The van der Waals surface area contributed by atoms with Gasteiger partial charge in [-0.1, -0.05) is 13.8 Å². The first-order valence-electron chi connectivity index (χ1n) is 16.0. The molecule has 9 atom stereocenters. The third-order valence-corrected chi connectivity index (χ3v) is 12.2. The highest BCUT2D eigenvalue weighted by atomic mass is 16.7. The maximum absolute atomic E-state index is 12.7. The summed E-state index contributed by atoms with van der Waals surface area (Å²) in [6.07, 6.45) is 6.47. The summed E-state index contributed by atoms with van der Waals surface area (Å²) in [6, 6.07) is 0. The van der Waals surface area contributed by atoms with E-state index in [4.69, 9.17) is 18.9 Å². The van der Waals surface area contributed by atoms with Crippen molar-refractivity contribution in [2.24, 2.45) is 34.5 Å². The molecule has 2 N–H and O–H groups in total. The maximum atomic E-state index is 12.7. The maximum Gasteiger partial charge on any atom is 0.508 e. The number of rotatable bonds is 6. The van der Waals surface area contributed by atoms with Gasteiger partial charge in [0, 0.05) is 50.4 Å². The van der Waals surface area contributed by atoms with Crippen LogP contribution in [0.3, 0.4) is 0 Å². The van der Waals surface area contributed by atoms with Gasteiger partial charge in [-0.3, -0.25) is 14.5 Å². The van der Waals surface area contributed by atoms with Gasteiger partial charge in [0.05, 0.1) is 12.1 Å². The lowest BCUT2D eigenvalue weighted by molar-refractivity contribution is -0.208. The van der Waals surface area contributed by atoms with Gasteiger partial charge in [-0.05, 0) is 73.7 Å². The fraction of sp³-hybridized carbons (Fsp3) is 0.812.